The third-order valence-electron chi connectivity index (χ3n) is 7.59. The van der Waals surface area contributed by atoms with Crippen LogP contribution in [0.1, 0.15) is 64.9 Å². The van der Waals surface area contributed by atoms with E-state index in [0.29, 0.717) is 17.9 Å². The van der Waals surface area contributed by atoms with Crippen molar-refractivity contribution in [2.45, 2.75) is 77.5 Å². The molecule has 1 aromatic carbocycles. The van der Waals surface area contributed by atoms with Crippen LogP contribution in [0.4, 0.5) is 9.59 Å². The maximum absolute atomic E-state index is 12.3. The predicted molar refractivity (Wildman–Crippen MR) is 131 cm³/mol. The molecule has 4 rings (SSSR count). The Bertz CT molecular complexity index is 814. The summed E-state index contributed by atoms with van der Waals surface area (Å²) in [6.07, 6.45) is 6.17. The van der Waals surface area contributed by atoms with E-state index in [1.807, 2.05) is 56.0 Å². The summed E-state index contributed by atoms with van der Waals surface area (Å²) in [5.74, 6) is 0.655. The van der Waals surface area contributed by atoms with Gasteiger partial charge in [0, 0.05) is 25.7 Å². The lowest BCUT2D eigenvalue weighted by atomic mass is 9.60. The Morgan fingerprint density at radius 1 is 1.03 bits per heavy atom. The number of hydrogen-bond donors (Lipinski definition) is 1. The number of nitrogens with one attached hydrogen (secondary N) is 1. The first-order chi connectivity index (χ1) is 16.2. The van der Waals surface area contributed by atoms with E-state index in [1.54, 1.807) is 0 Å². The Hall–Kier alpha value is -2.28. The summed E-state index contributed by atoms with van der Waals surface area (Å²) in [5, 5.41) is 3.05. The molecule has 7 heteroatoms. The molecule has 2 amide bonds. The monoisotopic (exact) mass is 471 g/mol. The van der Waals surface area contributed by atoms with Crippen molar-refractivity contribution in [3.8, 4) is 0 Å². The molecule has 0 unspecified atom stereocenters. The summed E-state index contributed by atoms with van der Waals surface area (Å²) < 4.78 is 10.9. The van der Waals surface area contributed by atoms with Crippen molar-refractivity contribution in [1.82, 2.24) is 15.1 Å². The zero-order valence-corrected chi connectivity index (χ0v) is 21.1. The Labute approximate surface area is 204 Å². The molecule has 3 fully saturated rings. The number of ether oxygens (including phenoxy) is 2. The van der Waals surface area contributed by atoms with Gasteiger partial charge in [0.1, 0.15) is 12.2 Å². The van der Waals surface area contributed by atoms with E-state index in [4.69, 9.17) is 9.47 Å². The third kappa shape index (κ3) is 6.87. The molecular weight excluding hydrogens is 430 g/mol. The Kier molecular flexibility index (Phi) is 7.70. The molecule has 2 saturated heterocycles. The van der Waals surface area contributed by atoms with Gasteiger partial charge in [-0.05, 0) is 89.3 Å². The largest absolute Gasteiger partial charge is 0.445 e. The maximum atomic E-state index is 12.3. The number of amides is 2. The number of likely N-dealkylation sites (tertiary alicyclic amines) is 2. The van der Waals surface area contributed by atoms with Gasteiger partial charge in [0.15, 0.2) is 0 Å². The lowest BCUT2D eigenvalue weighted by Crippen LogP contribution is -2.55. The minimum atomic E-state index is -0.434. The Balaban J connectivity index is 1.10. The zero-order valence-electron chi connectivity index (χ0n) is 21.1. The van der Waals surface area contributed by atoms with Crippen molar-refractivity contribution in [3.63, 3.8) is 0 Å². The van der Waals surface area contributed by atoms with Gasteiger partial charge in [0.05, 0.1) is 0 Å². The molecule has 1 N–H and O–H groups in total. The maximum Gasteiger partial charge on any atom is 0.410 e. The molecule has 1 spiro atoms. The van der Waals surface area contributed by atoms with Gasteiger partial charge in [-0.25, -0.2) is 9.59 Å². The number of alkyl carbamates (subject to hydrolysis) is 1. The summed E-state index contributed by atoms with van der Waals surface area (Å²) >= 11 is 0. The zero-order chi connectivity index (χ0) is 24.2. The molecule has 3 aliphatic rings. The molecule has 1 aliphatic carbocycles. The molecule has 0 atom stereocenters. The van der Waals surface area contributed by atoms with Crippen LogP contribution in [0.5, 0.6) is 0 Å². The minimum Gasteiger partial charge on any atom is -0.445 e. The molecule has 188 valence electrons. The average Bonchev–Trinajstić information content (AvgIpc) is 2.78. The number of benzene rings is 1. The fraction of sp³-hybridized carbons (Fsp3) is 0.704. The van der Waals surface area contributed by atoms with Crippen LogP contribution in [0.3, 0.4) is 0 Å². The number of piperidine rings is 2. The first-order valence-electron chi connectivity index (χ1n) is 12.9. The molecule has 2 heterocycles. The number of nitrogens with zero attached hydrogens (tertiary/aromatic N) is 2. The van der Waals surface area contributed by atoms with Gasteiger partial charge in [0.2, 0.25) is 0 Å². The normalized spacial score (nSPS) is 21.7. The van der Waals surface area contributed by atoms with Gasteiger partial charge in [-0.1, -0.05) is 30.3 Å². The highest BCUT2D eigenvalue weighted by atomic mass is 16.6. The SMILES string of the molecule is CC(C)(C)OC(=O)N1CCC(CN2CCC3(CC2)CC(NC(=O)OCc2ccccc2)C3)CC1. The molecule has 0 bridgehead atoms. The van der Waals surface area contributed by atoms with E-state index in [1.165, 1.54) is 12.8 Å². The van der Waals surface area contributed by atoms with E-state index in [9.17, 15) is 9.59 Å². The standard InChI is InChI=1S/C27H41N3O4/c1-26(2,3)34-25(32)30-13-9-21(10-14-30)19-29-15-11-27(12-16-29)17-23(18-27)28-24(31)33-20-22-7-5-4-6-8-22/h4-8,21,23H,9-20H2,1-3H3,(H,28,31). The Morgan fingerprint density at radius 2 is 1.68 bits per heavy atom. The van der Waals surface area contributed by atoms with E-state index in [-0.39, 0.29) is 18.2 Å². The van der Waals surface area contributed by atoms with Crippen LogP contribution in [0.2, 0.25) is 0 Å². The summed E-state index contributed by atoms with van der Waals surface area (Å²) in [7, 11) is 0. The highest BCUT2D eigenvalue weighted by molar-refractivity contribution is 5.68. The van der Waals surface area contributed by atoms with Crippen LogP contribution in [0.25, 0.3) is 0 Å². The molecule has 34 heavy (non-hydrogen) atoms. The number of carbonyl (C=O) groups is 2. The van der Waals surface area contributed by atoms with Crippen LogP contribution < -0.4 is 5.32 Å². The topological polar surface area (TPSA) is 71.1 Å². The van der Waals surface area contributed by atoms with Gasteiger partial charge < -0.3 is 24.6 Å². The van der Waals surface area contributed by atoms with Gasteiger partial charge in [-0.3, -0.25) is 0 Å². The van der Waals surface area contributed by atoms with Crippen LogP contribution in [-0.2, 0) is 16.1 Å². The fourth-order valence-corrected chi connectivity index (χ4v) is 5.63. The van der Waals surface area contributed by atoms with Crippen LogP contribution in [0.15, 0.2) is 30.3 Å². The summed E-state index contributed by atoms with van der Waals surface area (Å²) in [4.78, 5) is 28.9. The third-order valence-corrected chi connectivity index (χ3v) is 7.59. The van der Waals surface area contributed by atoms with Crippen LogP contribution in [0, 0.1) is 11.3 Å². The van der Waals surface area contributed by atoms with Gasteiger partial charge in [-0.15, -0.1) is 0 Å². The smallest absolute Gasteiger partial charge is 0.410 e. The lowest BCUT2D eigenvalue weighted by Gasteiger charge is -2.52. The van der Waals surface area contributed by atoms with Crippen LogP contribution in [-0.4, -0.2) is 66.4 Å². The number of hydrogen-bond acceptors (Lipinski definition) is 5. The minimum absolute atomic E-state index is 0.178. The van der Waals surface area contributed by atoms with Gasteiger partial charge >= 0.3 is 12.2 Å². The van der Waals surface area contributed by atoms with Crippen LogP contribution >= 0.6 is 0 Å². The first-order valence-corrected chi connectivity index (χ1v) is 12.9. The highest BCUT2D eigenvalue weighted by Gasteiger charge is 2.46. The van der Waals surface area contributed by atoms with Crippen molar-refractivity contribution in [1.29, 1.82) is 0 Å². The van der Waals surface area contributed by atoms with Crippen molar-refractivity contribution < 1.29 is 19.1 Å². The molecule has 2 aliphatic heterocycles. The summed E-state index contributed by atoms with van der Waals surface area (Å²) in [5.41, 5.74) is 0.968. The van der Waals surface area contributed by atoms with Gasteiger partial charge in [0.25, 0.3) is 0 Å². The fourth-order valence-electron chi connectivity index (χ4n) is 5.63. The van der Waals surface area contributed by atoms with Crippen molar-refractivity contribution >= 4 is 12.2 Å². The Morgan fingerprint density at radius 3 is 2.29 bits per heavy atom. The molecular formula is C27H41N3O4. The first kappa shape index (κ1) is 24.8. The second-order valence-electron chi connectivity index (χ2n) is 11.5. The van der Waals surface area contributed by atoms with Crippen molar-refractivity contribution in [3.05, 3.63) is 35.9 Å². The molecule has 7 nitrogen and oxygen atoms in total. The quantitative estimate of drug-likeness (QED) is 0.668. The van der Waals surface area contributed by atoms with Crippen molar-refractivity contribution in [2.24, 2.45) is 11.3 Å². The second kappa shape index (κ2) is 10.5. The number of rotatable bonds is 5. The van der Waals surface area contributed by atoms with E-state index in [0.717, 1.165) is 64.0 Å². The molecule has 1 saturated carbocycles. The van der Waals surface area contributed by atoms with E-state index in [2.05, 4.69) is 10.2 Å². The average molecular weight is 472 g/mol. The van der Waals surface area contributed by atoms with Gasteiger partial charge in [-0.2, -0.15) is 0 Å². The lowest BCUT2D eigenvalue weighted by molar-refractivity contribution is -0.00484. The molecule has 0 aromatic heterocycles. The van der Waals surface area contributed by atoms with Crippen molar-refractivity contribution in [2.75, 3.05) is 32.7 Å². The predicted octanol–water partition coefficient (Wildman–Crippen LogP) is 4.80. The number of carbonyl (C=O) groups excluding carboxylic acids is 2. The molecule has 0 radical (unpaired) electrons. The van der Waals surface area contributed by atoms with E-state index >= 15 is 0 Å². The molecule has 1 aromatic rings. The summed E-state index contributed by atoms with van der Waals surface area (Å²) in [6.45, 7) is 11.1. The highest BCUT2D eigenvalue weighted by Crippen LogP contribution is 2.49. The second-order valence-corrected chi connectivity index (χ2v) is 11.5. The van der Waals surface area contributed by atoms with E-state index < -0.39 is 5.60 Å². The summed E-state index contributed by atoms with van der Waals surface area (Å²) in [6, 6.07) is 10.0.